The molecular weight excluding hydrogens is 713 g/mol. The number of carboxylic acid groups (broad SMARTS) is 1. The van der Waals surface area contributed by atoms with Crippen molar-refractivity contribution in [2.24, 2.45) is 73.9 Å². The number of hydrogen-bond acceptors (Lipinski definition) is 6. The van der Waals surface area contributed by atoms with Crippen LogP contribution in [-0.2, 0) is 24.5 Å². The number of allylic oxidation sites excluding steroid dienone is 1. The molecule has 7 fully saturated rings. The van der Waals surface area contributed by atoms with Crippen LogP contribution < -0.4 is 0 Å². The van der Waals surface area contributed by atoms with Crippen LogP contribution in [-0.4, -0.2) is 45.5 Å². The summed E-state index contributed by atoms with van der Waals surface area (Å²) in [5.41, 5.74) is 1.30. The number of rotatable bonds is 6. The lowest BCUT2D eigenvalue weighted by Crippen LogP contribution is -2.67. The summed E-state index contributed by atoms with van der Waals surface area (Å²) in [5.74, 6) is 1.28. The van der Waals surface area contributed by atoms with Gasteiger partial charge in [0.2, 0.25) is 11.8 Å². The van der Waals surface area contributed by atoms with Crippen molar-refractivity contribution >= 4 is 17.8 Å². The average Bonchev–Trinajstić information content (AvgIpc) is 3.88. The average molecular weight is 787 g/mol. The van der Waals surface area contributed by atoms with Gasteiger partial charge in [-0.1, -0.05) is 81.4 Å². The van der Waals surface area contributed by atoms with Crippen LogP contribution in [0, 0.1) is 73.9 Å². The van der Waals surface area contributed by atoms with E-state index in [-0.39, 0.29) is 56.5 Å². The van der Waals surface area contributed by atoms with Gasteiger partial charge in [0.05, 0.1) is 22.9 Å². The molecule has 1 N–H and O–H groups in total. The van der Waals surface area contributed by atoms with Gasteiger partial charge in [-0.25, -0.2) is 4.98 Å². The van der Waals surface area contributed by atoms with Crippen molar-refractivity contribution in [2.75, 3.05) is 6.54 Å². The van der Waals surface area contributed by atoms with Gasteiger partial charge in [0.15, 0.2) is 0 Å². The number of nitrogens with zero attached hydrogens (tertiary/aromatic N) is 2. The Labute approximate surface area is 343 Å². The molecule has 316 valence electrons. The van der Waals surface area contributed by atoms with Gasteiger partial charge in [0.25, 0.3) is 0 Å². The van der Waals surface area contributed by atoms with E-state index in [1.807, 2.05) is 13.8 Å². The van der Waals surface area contributed by atoms with Gasteiger partial charge in [0, 0.05) is 17.4 Å². The molecule has 2 heterocycles. The lowest BCUT2D eigenvalue weighted by Gasteiger charge is -2.73. The number of likely N-dealkylation sites (tertiary alicyclic amines) is 1. The van der Waals surface area contributed by atoms with E-state index in [0.717, 1.165) is 82.9 Å². The topological polar surface area (TPSA) is 110 Å². The van der Waals surface area contributed by atoms with E-state index in [2.05, 4.69) is 73.8 Å². The highest BCUT2D eigenvalue weighted by atomic mass is 16.5. The minimum Gasteiger partial charge on any atom is -0.481 e. The van der Waals surface area contributed by atoms with Crippen LogP contribution in [0.3, 0.4) is 0 Å². The van der Waals surface area contributed by atoms with Crippen LogP contribution in [0.2, 0.25) is 0 Å². The number of esters is 1. The predicted molar refractivity (Wildman–Crippen MR) is 221 cm³/mol. The van der Waals surface area contributed by atoms with Crippen molar-refractivity contribution in [1.82, 2.24) is 9.88 Å². The van der Waals surface area contributed by atoms with E-state index in [1.165, 1.54) is 12.0 Å². The zero-order valence-electron chi connectivity index (χ0n) is 37.3. The van der Waals surface area contributed by atoms with E-state index in [0.29, 0.717) is 47.8 Å². The number of oxazole rings is 1. The van der Waals surface area contributed by atoms with E-state index >= 15 is 4.79 Å². The summed E-state index contributed by atoms with van der Waals surface area (Å²) < 4.78 is 12.6. The van der Waals surface area contributed by atoms with Crippen LogP contribution in [0.4, 0.5) is 0 Å². The summed E-state index contributed by atoms with van der Waals surface area (Å²) in [4.78, 5) is 48.1. The fourth-order valence-corrected chi connectivity index (χ4v) is 16.0. The second kappa shape index (κ2) is 13.2. The lowest BCUT2D eigenvalue weighted by atomic mass is 9.32. The number of hydrogen-bond donors (Lipinski definition) is 1. The minimum atomic E-state index is -0.817. The quantitative estimate of drug-likeness (QED) is 0.226. The Balaban J connectivity index is 1.05. The molecule has 7 aliphatic rings. The molecular formula is C49H74N2O6. The molecule has 1 aliphatic heterocycles. The van der Waals surface area contributed by atoms with E-state index in [9.17, 15) is 14.7 Å². The van der Waals surface area contributed by atoms with Crippen molar-refractivity contribution in [3.63, 3.8) is 0 Å². The van der Waals surface area contributed by atoms with Gasteiger partial charge in [-0.2, -0.15) is 0 Å². The van der Waals surface area contributed by atoms with E-state index in [4.69, 9.17) is 14.1 Å². The zero-order valence-corrected chi connectivity index (χ0v) is 37.3. The molecule has 6 aliphatic carbocycles. The number of ether oxygens (including phenoxy) is 1. The van der Waals surface area contributed by atoms with E-state index in [1.54, 1.807) is 6.26 Å². The zero-order chi connectivity index (χ0) is 41.5. The lowest BCUT2D eigenvalue weighted by molar-refractivity contribution is -0.251. The first-order chi connectivity index (χ1) is 26.4. The highest BCUT2D eigenvalue weighted by molar-refractivity contribution is 5.85. The fraction of sp³-hybridized carbons (Fsp3) is 0.837. The molecule has 8 nitrogen and oxygen atoms in total. The monoisotopic (exact) mass is 787 g/mol. The number of fused-ring (bicyclic) bond motifs is 7. The summed E-state index contributed by atoms with van der Waals surface area (Å²) >= 11 is 0. The van der Waals surface area contributed by atoms with Gasteiger partial charge < -0.3 is 19.2 Å². The van der Waals surface area contributed by atoms with Crippen LogP contribution in [0.25, 0.3) is 0 Å². The van der Waals surface area contributed by atoms with E-state index < -0.39 is 17.3 Å². The molecule has 0 spiro atoms. The first-order valence-corrected chi connectivity index (χ1v) is 22.8. The van der Waals surface area contributed by atoms with Crippen molar-refractivity contribution in [3.8, 4) is 0 Å². The molecule has 0 radical (unpaired) electrons. The third kappa shape index (κ3) is 5.68. The fourth-order valence-electron chi connectivity index (χ4n) is 16.0. The molecule has 8 heteroatoms. The number of aliphatic carboxylic acids is 1. The first-order valence-electron chi connectivity index (χ1n) is 22.8. The molecule has 8 rings (SSSR count). The second-order valence-corrected chi connectivity index (χ2v) is 23.6. The normalized spacial score (nSPS) is 44.5. The molecule has 0 aromatic carbocycles. The maximum absolute atomic E-state index is 15.4. The largest absolute Gasteiger partial charge is 0.481 e. The van der Waals surface area contributed by atoms with Crippen molar-refractivity contribution in [2.45, 2.75) is 177 Å². The van der Waals surface area contributed by atoms with Gasteiger partial charge in [-0.3, -0.25) is 14.4 Å². The molecule has 0 unspecified atom stereocenters. The Bertz CT molecular complexity index is 1820. The third-order valence-electron chi connectivity index (χ3n) is 19.6. The van der Waals surface area contributed by atoms with Crippen LogP contribution in [0.15, 0.2) is 22.8 Å². The number of aromatic nitrogens is 1. The Kier molecular flexibility index (Phi) is 9.50. The summed E-state index contributed by atoms with van der Waals surface area (Å²) in [7, 11) is 0. The second-order valence-electron chi connectivity index (χ2n) is 23.6. The smallest absolute Gasteiger partial charge is 0.309 e. The van der Waals surface area contributed by atoms with Crippen LogP contribution in [0.1, 0.15) is 177 Å². The summed E-state index contributed by atoms with van der Waals surface area (Å²) in [6, 6.07) is -0.0936. The molecule has 0 bridgehead atoms. The van der Waals surface area contributed by atoms with Crippen molar-refractivity contribution in [1.29, 1.82) is 0 Å². The number of amides is 1. The maximum Gasteiger partial charge on any atom is 0.309 e. The van der Waals surface area contributed by atoms with Crippen molar-refractivity contribution in [3.05, 3.63) is 30.0 Å². The molecule has 1 saturated heterocycles. The molecule has 1 aromatic rings. The highest BCUT2D eigenvalue weighted by Gasteiger charge is 2.72. The van der Waals surface area contributed by atoms with Gasteiger partial charge >= 0.3 is 11.9 Å². The highest BCUT2D eigenvalue weighted by Crippen LogP contribution is 2.78. The summed E-state index contributed by atoms with van der Waals surface area (Å²) in [5, 5.41) is 9.69. The van der Waals surface area contributed by atoms with Gasteiger partial charge in [-0.15, -0.1) is 0 Å². The third-order valence-corrected chi connectivity index (χ3v) is 19.6. The SMILES string of the molecule is C=C(C)[C@@H]1CC[C@]2(C(=O)N3CCC[C@H]3c3nc(C(C)(C)C)co3)CC[C@]3(C)[C@H](CC[C@@H]4[C@@]5(C)CC[C@H](OC(=O)[C@H]6C[C@@H](C(=O)O)C6(C)C)C(C)(C)[C@@H]5CC[C@]43C)[C@@H]12. The van der Waals surface area contributed by atoms with Crippen LogP contribution >= 0.6 is 0 Å². The first kappa shape index (κ1) is 41.1. The molecule has 1 aromatic heterocycles. The molecule has 6 saturated carbocycles. The standard InChI is InChI=1S/C49H74N2O6/c1-28(2)29-17-22-49(42(55)51-25-13-14-33(51)39-50-36(27-56-39)43(3,4)5)24-23-47(11)30(38(29)49)15-16-35-46(10)20-19-37(45(8,9)34(46)18-21-48(35,47)12)57-41(54)32-26-31(40(52)53)44(32,6)7/h27,29-35,37-38H,1,13-26H2,2-12H3,(H,52,53)/t29-,30+,31-,32+,33-,34-,35+,37-,38+,46-,47+,48+,49-/m0/s1. The Hall–Kier alpha value is -2.64. The number of carboxylic acids is 1. The Morgan fingerprint density at radius 2 is 1.58 bits per heavy atom. The minimum absolute atomic E-state index is 0.0936. The molecule has 1 amide bonds. The summed E-state index contributed by atoms with van der Waals surface area (Å²) in [6.07, 6.45) is 14.4. The van der Waals surface area contributed by atoms with Crippen LogP contribution in [0.5, 0.6) is 0 Å². The van der Waals surface area contributed by atoms with Gasteiger partial charge in [-0.05, 0) is 142 Å². The number of carbonyl (C=O) groups excluding carboxylic acids is 2. The Morgan fingerprint density at radius 1 is 0.860 bits per heavy atom. The van der Waals surface area contributed by atoms with Crippen molar-refractivity contribution < 1.29 is 28.6 Å². The van der Waals surface area contributed by atoms with Gasteiger partial charge in [0.1, 0.15) is 18.4 Å². The Morgan fingerprint density at radius 3 is 2.21 bits per heavy atom. The maximum atomic E-state index is 15.4. The number of carbonyl (C=O) groups is 3. The predicted octanol–water partition coefficient (Wildman–Crippen LogP) is 11.0. The molecule has 57 heavy (non-hydrogen) atoms. The summed E-state index contributed by atoms with van der Waals surface area (Å²) in [6.45, 7) is 30.4. The molecule has 13 atom stereocenters.